The molecule has 0 bridgehead atoms. The van der Waals surface area contributed by atoms with Crippen molar-refractivity contribution in [2.75, 3.05) is 19.6 Å². The predicted octanol–water partition coefficient (Wildman–Crippen LogP) is 2.71. The summed E-state index contributed by atoms with van der Waals surface area (Å²) in [6, 6.07) is 8.39. The van der Waals surface area contributed by atoms with E-state index in [2.05, 4.69) is 55.7 Å². The lowest BCUT2D eigenvalue weighted by Crippen LogP contribution is -2.48. The molecule has 0 aliphatic rings. The summed E-state index contributed by atoms with van der Waals surface area (Å²) < 4.78 is 0. The Morgan fingerprint density at radius 1 is 1.14 bits per heavy atom. The third-order valence-corrected chi connectivity index (χ3v) is 3.34. The minimum Gasteiger partial charge on any atom is -0.356 e. The van der Waals surface area contributed by atoms with Crippen LogP contribution in [0.15, 0.2) is 24.3 Å². The van der Waals surface area contributed by atoms with Gasteiger partial charge in [-0.25, -0.2) is 0 Å². The van der Waals surface area contributed by atoms with Gasteiger partial charge in [-0.15, -0.1) is 0 Å². The van der Waals surface area contributed by atoms with Gasteiger partial charge in [-0.05, 0) is 31.7 Å². The Hall–Kier alpha value is -2.04. The zero-order valence-corrected chi connectivity index (χ0v) is 14.0. The summed E-state index contributed by atoms with van der Waals surface area (Å²) in [5.41, 5.74) is 2.51. The molecule has 0 amide bonds. The van der Waals surface area contributed by atoms with Gasteiger partial charge in [-0.2, -0.15) is 0 Å². The maximum atomic E-state index is 8.04. The Morgan fingerprint density at radius 2 is 1.82 bits per heavy atom. The molecule has 1 aromatic rings. The Labute approximate surface area is 134 Å². The molecule has 0 radical (unpaired) electrons. The number of benzene rings is 1. The van der Waals surface area contributed by atoms with E-state index in [0.29, 0.717) is 12.5 Å². The van der Waals surface area contributed by atoms with Crippen molar-refractivity contribution in [3.63, 3.8) is 0 Å². The molecule has 5 heteroatoms. The van der Waals surface area contributed by atoms with Gasteiger partial charge < -0.3 is 10.2 Å². The molecule has 0 saturated carbocycles. The second-order valence-corrected chi connectivity index (χ2v) is 5.50. The normalized spacial score (nSPS) is 10.1. The maximum absolute atomic E-state index is 8.04. The van der Waals surface area contributed by atoms with Gasteiger partial charge in [0.25, 0.3) is 0 Å². The van der Waals surface area contributed by atoms with Crippen LogP contribution in [0.2, 0.25) is 0 Å². The van der Waals surface area contributed by atoms with Crippen LogP contribution in [-0.2, 0) is 6.42 Å². The van der Waals surface area contributed by atoms with E-state index in [9.17, 15) is 0 Å². The third kappa shape index (κ3) is 6.61. The van der Waals surface area contributed by atoms with Crippen LogP contribution in [0.1, 0.15) is 37.8 Å². The summed E-state index contributed by atoms with van der Waals surface area (Å²) in [4.78, 5) is 1.97. The molecule has 0 spiro atoms. The Bertz CT molecular complexity index is 478. The molecular weight excluding hydrogens is 274 g/mol. The number of hydrogen-bond donors (Lipinski definition) is 4. The molecule has 0 saturated heterocycles. The lowest BCUT2D eigenvalue weighted by atomic mass is 10.1. The zero-order valence-electron chi connectivity index (χ0n) is 14.0. The topological polar surface area (TPSA) is 75.0 Å². The van der Waals surface area contributed by atoms with Gasteiger partial charge in [0, 0.05) is 19.6 Å². The molecule has 5 nitrogen and oxygen atoms in total. The molecule has 0 aliphatic carbocycles. The smallest absolute Gasteiger partial charge is 0.197 e. The molecule has 0 unspecified atom stereocenters. The molecular formula is C17H29N5. The van der Waals surface area contributed by atoms with Gasteiger partial charge in [0.05, 0.1) is 0 Å². The molecule has 0 fully saturated rings. The fraction of sp³-hybridized carbons (Fsp3) is 0.529. The van der Waals surface area contributed by atoms with Gasteiger partial charge in [0.15, 0.2) is 11.9 Å². The van der Waals surface area contributed by atoms with E-state index in [4.69, 9.17) is 10.8 Å². The second kappa shape index (κ2) is 9.82. The average Bonchev–Trinajstić information content (AvgIpc) is 2.47. The standard InChI is InChI=1S/C17H29N5/c1-4-11-22(12-5-2)17(19)21-16(18)20-10-9-15-8-6-7-14(3)13-15/h6-8,13H,4-5,9-12H2,1-3H3,(H4,18,19,20,21). The first-order valence-corrected chi connectivity index (χ1v) is 8.05. The van der Waals surface area contributed by atoms with Crippen molar-refractivity contribution in [3.05, 3.63) is 35.4 Å². The minimum atomic E-state index is 0.190. The average molecular weight is 303 g/mol. The van der Waals surface area contributed by atoms with Crippen molar-refractivity contribution in [2.24, 2.45) is 0 Å². The maximum Gasteiger partial charge on any atom is 0.197 e. The van der Waals surface area contributed by atoms with Crippen LogP contribution in [0.4, 0.5) is 0 Å². The molecule has 4 N–H and O–H groups in total. The van der Waals surface area contributed by atoms with Crippen molar-refractivity contribution in [3.8, 4) is 0 Å². The first kappa shape index (κ1) is 18.0. The fourth-order valence-electron chi connectivity index (χ4n) is 2.32. The number of aryl methyl sites for hydroxylation is 1. The van der Waals surface area contributed by atoms with Gasteiger partial charge in [-0.1, -0.05) is 43.7 Å². The largest absolute Gasteiger partial charge is 0.356 e. The van der Waals surface area contributed by atoms with Gasteiger partial charge in [0.2, 0.25) is 0 Å². The van der Waals surface area contributed by atoms with E-state index in [0.717, 1.165) is 32.4 Å². The highest BCUT2D eigenvalue weighted by atomic mass is 15.3. The van der Waals surface area contributed by atoms with Crippen LogP contribution < -0.4 is 10.6 Å². The second-order valence-electron chi connectivity index (χ2n) is 5.50. The van der Waals surface area contributed by atoms with E-state index in [1.54, 1.807) is 0 Å². The number of nitrogens with zero attached hydrogens (tertiary/aromatic N) is 1. The summed E-state index contributed by atoms with van der Waals surface area (Å²) in [5.74, 6) is 0.492. The number of guanidine groups is 2. The molecule has 0 atom stereocenters. The highest BCUT2D eigenvalue weighted by Gasteiger charge is 2.09. The summed E-state index contributed by atoms with van der Waals surface area (Å²) in [7, 11) is 0. The van der Waals surface area contributed by atoms with E-state index >= 15 is 0 Å². The first-order chi connectivity index (χ1) is 10.6. The lowest BCUT2D eigenvalue weighted by molar-refractivity contribution is 0.405. The van der Waals surface area contributed by atoms with E-state index in [-0.39, 0.29) is 5.96 Å². The van der Waals surface area contributed by atoms with E-state index < -0.39 is 0 Å². The number of nitrogens with one attached hydrogen (secondary N) is 4. The summed E-state index contributed by atoms with van der Waals surface area (Å²) in [6.45, 7) is 8.65. The predicted molar refractivity (Wildman–Crippen MR) is 93.6 cm³/mol. The summed E-state index contributed by atoms with van der Waals surface area (Å²) >= 11 is 0. The van der Waals surface area contributed by atoms with Crippen molar-refractivity contribution in [1.82, 2.24) is 15.5 Å². The van der Waals surface area contributed by atoms with Crippen molar-refractivity contribution < 1.29 is 0 Å². The first-order valence-electron chi connectivity index (χ1n) is 8.05. The molecule has 22 heavy (non-hydrogen) atoms. The molecule has 122 valence electrons. The van der Waals surface area contributed by atoms with Gasteiger partial charge >= 0.3 is 0 Å². The van der Waals surface area contributed by atoms with Crippen LogP contribution in [0.25, 0.3) is 0 Å². The van der Waals surface area contributed by atoms with Crippen molar-refractivity contribution in [2.45, 2.75) is 40.0 Å². The summed E-state index contributed by atoms with van der Waals surface area (Å²) in [6.07, 6.45) is 2.86. The quantitative estimate of drug-likeness (QED) is 0.462. The van der Waals surface area contributed by atoms with Gasteiger partial charge in [-0.3, -0.25) is 16.1 Å². The van der Waals surface area contributed by atoms with Crippen molar-refractivity contribution >= 4 is 11.9 Å². The van der Waals surface area contributed by atoms with Crippen LogP contribution in [0.3, 0.4) is 0 Å². The monoisotopic (exact) mass is 303 g/mol. The van der Waals surface area contributed by atoms with Crippen LogP contribution >= 0.6 is 0 Å². The minimum absolute atomic E-state index is 0.190. The van der Waals surface area contributed by atoms with Crippen molar-refractivity contribution in [1.29, 1.82) is 10.8 Å². The molecule has 0 heterocycles. The van der Waals surface area contributed by atoms with Gasteiger partial charge in [0.1, 0.15) is 0 Å². The van der Waals surface area contributed by atoms with Crippen LogP contribution in [-0.4, -0.2) is 36.5 Å². The number of rotatable bonds is 7. The fourth-order valence-corrected chi connectivity index (χ4v) is 2.32. The Kier molecular flexibility index (Phi) is 8.04. The SMILES string of the molecule is CCCN(CCC)C(=N)NC(=N)NCCc1cccc(C)c1. The lowest BCUT2D eigenvalue weighted by Gasteiger charge is -2.25. The Morgan fingerprint density at radius 3 is 2.41 bits per heavy atom. The third-order valence-electron chi connectivity index (χ3n) is 3.34. The van der Waals surface area contributed by atoms with Crippen LogP contribution in [0.5, 0.6) is 0 Å². The molecule has 0 aliphatic heterocycles. The number of hydrogen-bond acceptors (Lipinski definition) is 2. The van der Waals surface area contributed by atoms with Crippen LogP contribution in [0, 0.1) is 17.7 Å². The summed E-state index contributed by atoms with van der Waals surface area (Å²) in [5, 5.41) is 21.8. The van der Waals surface area contributed by atoms with E-state index in [1.165, 1.54) is 11.1 Å². The van der Waals surface area contributed by atoms with E-state index in [1.807, 2.05) is 4.90 Å². The molecule has 0 aromatic heterocycles. The highest BCUT2D eigenvalue weighted by molar-refractivity contribution is 5.95. The highest BCUT2D eigenvalue weighted by Crippen LogP contribution is 2.03. The molecule has 1 rings (SSSR count). The Balaban J connectivity index is 2.34. The molecule has 1 aromatic carbocycles. The zero-order chi connectivity index (χ0) is 16.4.